The van der Waals surface area contributed by atoms with E-state index < -0.39 is 0 Å². The fraction of sp³-hybridized carbons (Fsp3) is 0.611. The molecule has 1 aliphatic heterocycles. The van der Waals surface area contributed by atoms with E-state index in [-0.39, 0.29) is 6.03 Å². The largest absolute Gasteiger partial charge is 0.335 e. The van der Waals surface area contributed by atoms with Crippen LogP contribution < -0.4 is 10.6 Å². The highest BCUT2D eigenvalue weighted by molar-refractivity contribution is 8.16. The Hall–Kier alpha value is -0.810. The third kappa shape index (κ3) is 4.83. The molecule has 0 radical (unpaired) electrons. The van der Waals surface area contributed by atoms with E-state index in [2.05, 4.69) is 29.7 Å². The molecule has 1 aromatic rings. The molecule has 1 saturated carbocycles. The number of nitrogens with one attached hydrogen (secondary N) is 2. The fourth-order valence-corrected chi connectivity index (χ4v) is 6.18. The van der Waals surface area contributed by atoms with Gasteiger partial charge in [0.1, 0.15) is 0 Å². The van der Waals surface area contributed by atoms with Crippen LogP contribution in [-0.2, 0) is 0 Å². The van der Waals surface area contributed by atoms with Crippen LogP contribution in [0.3, 0.4) is 0 Å². The highest BCUT2D eigenvalue weighted by Crippen LogP contribution is 2.44. The Kier molecular flexibility index (Phi) is 6.17. The van der Waals surface area contributed by atoms with Gasteiger partial charge < -0.3 is 10.6 Å². The molecule has 5 heteroatoms. The molecule has 3 nitrogen and oxygen atoms in total. The Labute approximate surface area is 147 Å². The molecule has 0 bridgehead atoms. The second kappa shape index (κ2) is 8.34. The van der Waals surface area contributed by atoms with Crippen molar-refractivity contribution in [3.63, 3.8) is 0 Å². The number of carbonyl (C=O) groups excluding carboxylic acids is 1. The summed E-state index contributed by atoms with van der Waals surface area (Å²) in [5.74, 6) is 3.04. The first-order chi connectivity index (χ1) is 11.2. The summed E-state index contributed by atoms with van der Waals surface area (Å²) < 4.78 is 0.506. The Morgan fingerprint density at radius 1 is 1.13 bits per heavy atom. The summed E-state index contributed by atoms with van der Waals surface area (Å²) in [5.41, 5.74) is 2.21. The van der Waals surface area contributed by atoms with Crippen molar-refractivity contribution in [2.24, 2.45) is 5.92 Å². The molecule has 2 unspecified atom stereocenters. The molecule has 2 aliphatic rings. The molecule has 1 heterocycles. The van der Waals surface area contributed by atoms with Crippen LogP contribution in [-0.4, -0.2) is 23.6 Å². The van der Waals surface area contributed by atoms with Gasteiger partial charge in [0.2, 0.25) is 0 Å². The summed E-state index contributed by atoms with van der Waals surface area (Å²) in [6, 6.07) is 8.57. The second-order valence-electron chi connectivity index (χ2n) is 6.52. The number of amides is 2. The molecule has 0 spiro atoms. The average molecular weight is 351 g/mol. The summed E-state index contributed by atoms with van der Waals surface area (Å²) in [6.07, 6.45) is 6.13. The maximum Gasteiger partial charge on any atom is 0.319 e. The minimum Gasteiger partial charge on any atom is -0.335 e. The average Bonchev–Trinajstić information content (AvgIpc) is 2.58. The highest BCUT2D eigenvalue weighted by Gasteiger charge is 2.23. The second-order valence-corrected chi connectivity index (χ2v) is 9.24. The van der Waals surface area contributed by atoms with E-state index in [4.69, 9.17) is 0 Å². The summed E-state index contributed by atoms with van der Waals surface area (Å²) in [5, 5.41) is 6.18. The Morgan fingerprint density at radius 2 is 1.91 bits per heavy atom. The van der Waals surface area contributed by atoms with Crippen LogP contribution in [0.25, 0.3) is 0 Å². The third-order valence-corrected chi connectivity index (χ3v) is 7.69. The number of rotatable bonds is 3. The van der Waals surface area contributed by atoms with Crippen molar-refractivity contribution in [3.8, 4) is 0 Å². The van der Waals surface area contributed by atoms with Crippen LogP contribution in [0, 0.1) is 5.92 Å². The van der Waals surface area contributed by atoms with Gasteiger partial charge in [-0.25, -0.2) is 4.79 Å². The summed E-state index contributed by atoms with van der Waals surface area (Å²) >= 11 is 4.01. The molecule has 1 aromatic carbocycles. The highest BCUT2D eigenvalue weighted by atomic mass is 32.2. The first-order valence-electron chi connectivity index (χ1n) is 8.63. The molecular weight excluding hydrogens is 324 g/mol. The predicted molar refractivity (Wildman–Crippen MR) is 102 cm³/mol. The summed E-state index contributed by atoms with van der Waals surface area (Å²) in [4.78, 5) is 12.3. The van der Waals surface area contributed by atoms with Crippen molar-refractivity contribution in [3.05, 3.63) is 29.8 Å². The zero-order chi connectivity index (χ0) is 16.1. The van der Waals surface area contributed by atoms with Gasteiger partial charge in [0, 0.05) is 11.7 Å². The Balaban J connectivity index is 1.57. The zero-order valence-corrected chi connectivity index (χ0v) is 15.3. The van der Waals surface area contributed by atoms with Gasteiger partial charge in [-0.3, -0.25) is 0 Å². The van der Waals surface area contributed by atoms with Crippen LogP contribution in [0.2, 0.25) is 0 Å². The lowest BCUT2D eigenvalue weighted by Gasteiger charge is -2.29. The molecule has 2 N–H and O–H groups in total. The SMILES string of the molecule is CC1CCCCC1NC(=O)Nc1cccc(C2SCCCS2)c1. The minimum absolute atomic E-state index is 0.0650. The van der Waals surface area contributed by atoms with Gasteiger partial charge in [-0.2, -0.15) is 0 Å². The van der Waals surface area contributed by atoms with E-state index >= 15 is 0 Å². The number of urea groups is 1. The van der Waals surface area contributed by atoms with Crippen LogP contribution >= 0.6 is 23.5 Å². The maximum atomic E-state index is 12.3. The molecular formula is C18H26N2OS2. The van der Waals surface area contributed by atoms with Crippen molar-refractivity contribution < 1.29 is 4.79 Å². The van der Waals surface area contributed by atoms with Crippen molar-refractivity contribution >= 4 is 35.2 Å². The van der Waals surface area contributed by atoms with Crippen molar-refractivity contribution in [1.29, 1.82) is 0 Å². The van der Waals surface area contributed by atoms with Gasteiger partial charge >= 0.3 is 6.03 Å². The quantitative estimate of drug-likeness (QED) is 0.781. The lowest BCUT2D eigenvalue weighted by Crippen LogP contribution is -2.43. The molecule has 2 atom stereocenters. The monoisotopic (exact) mass is 350 g/mol. The zero-order valence-electron chi connectivity index (χ0n) is 13.7. The van der Waals surface area contributed by atoms with Crippen molar-refractivity contribution in [2.45, 2.75) is 49.7 Å². The van der Waals surface area contributed by atoms with Crippen molar-refractivity contribution in [2.75, 3.05) is 16.8 Å². The molecule has 126 valence electrons. The van der Waals surface area contributed by atoms with E-state index in [1.54, 1.807) is 0 Å². The van der Waals surface area contributed by atoms with Gasteiger partial charge in [-0.05, 0) is 54.4 Å². The number of benzene rings is 1. The smallest absolute Gasteiger partial charge is 0.319 e. The van der Waals surface area contributed by atoms with E-state index in [0.717, 1.165) is 12.1 Å². The van der Waals surface area contributed by atoms with Crippen LogP contribution in [0.4, 0.5) is 10.5 Å². The van der Waals surface area contributed by atoms with E-state index in [1.807, 2.05) is 35.7 Å². The lowest BCUT2D eigenvalue weighted by molar-refractivity contribution is 0.232. The topological polar surface area (TPSA) is 41.1 Å². The molecule has 2 fully saturated rings. The van der Waals surface area contributed by atoms with Gasteiger partial charge in [0.25, 0.3) is 0 Å². The number of hydrogen-bond donors (Lipinski definition) is 2. The van der Waals surface area contributed by atoms with E-state index in [1.165, 1.54) is 42.8 Å². The number of carbonyl (C=O) groups is 1. The minimum atomic E-state index is -0.0650. The third-order valence-electron chi connectivity index (χ3n) is 4.67. The molecule has 0 aromatic heterocycles. The molecule has 1 saturated heterocycles. The Morgan fingerprint density at radius 3 is 2.70 bits per heavy atom. The number of thioether (sulfide) groups is 2. The predicted octanol–water partition coefficient (Wildman–Crippen LogP) is 5.26. The molecule has 2 amide bonds. The lowest BCUT2D eigenvalue weighted by atomic mass is 9.86. The normalized spacial score (nSPS) is 25.8. The maximum absolute atomic E-state index is 12.3. The van der Waals surface area contributed by atoms with Crippen LogP contribution in [0.5, 0.6) is 0 Å². The summed E-state index contributed by atoms with van der Waals surface area (Å²) in [6.45, 7) is 2.24. The molecule has 3 rings (SSSR count). The first-order valence-corrected chi connectivity index (χ1v) is 10.7. The molecule has 1 aliphatic carbocycles. The van der Waals surface area contributed by atoms with E-state index in [0.29, 0.717) is 16.5 Å². The van der Waals surface area contributed by atoms with Crippen LogP contribution in [0.1, 0.15) is 49.2 Å². The standard InChI is InChI=1S/C18H26N2OS2/c1-13-6-2-3-9-16(13)20-18(21)19-15-8-4-7-14(12-15)17-22-10-5-11-23-17/h4,7-8,12-13,16-17H,2-3,5-6,9-11H2,1H3,(H2,19,20,21). The van der Waals surface area contributed by atoms with Gasteiger partial charge in [-0.15, -0.1) is 23.5 Å². The van der Waals surface area contributed by atoms with Gasteiger partial charge in [0.15, 0.2) is 0 Å². The van der Waals surface area contributed by atoms with E-state index in [9.17, 15) is 4.79 Å². The Bertz CT molecular complexity index is 532. The van der Waals surface area contributed by atoms with Gasteiger partial charge in [-0.1, -0.05) is 31.9 Å². The first kappa shape index (κ1) is 17.0. The van der Waals surface area contributed by atoms with Crippen LogP contribution in [0.15, 0.2) is 24.3 Å². The number of anilines is 1. The fourth-order valence-electron chi connectivity index (χ4n) is 3.31. The van der Waals surface area contributed by atoms with Crippen molar-refractivity contribution in [1.82, 2.24) is 5.32 Å². The summed E-state index contributed by atoms with van der Waals surface area (Å²) in [7, 11) is 0. The van der Waals surface area contributed by atoms with Gasteiger partial charge in [0.05, 0.1) is 4.58 Å². The number of hydrogen-bond acceptors (Lipinski definition) is 3. The molecule has 23 heavy (non-hydrogen) atoms.